The summed E-state index contributed by atoms with van der Waals surface area (Å²) in [5, 5.41) is 14.5. The van der Waals surface area contributed by atoms with Gasteiger partial charge in [-0.3, -0.25) is 10.1 Å². The zero-order chi connectivity index (χ0) is 21.9. The third-order valence-corrected chi connectivity index (χ3v) is 4.88. The molecule has 0 radical (unpaired) electrons. The van der Waals surface area contributed by atoms with E-state index in [9.17, 15) is 10.1 Å². The van der Waals surface area contributed by atoms with E-state index in [-0.39, 0.29) is 5.69 Å². The molecule has 168 valence electrons. The Morgan fingerprint density at radius 3 is 2.30 bits per heavy atom. The smallest absolute Gasteiger partial charge is 0.293 e. The summed E-state index contributed by atoms with van der Waals surface area (Å²) in [6.07, 6.45) is 5.95. The summed E-state index contributed by atoms with van der Waals surface area (Å²) in [6.45, 7) is 4.73. The molecule has 0 bridgehead atoms. The lowest BCUT2D eigenvalue weighted by atomic mass is 10.2. The van der Waals surface area contributed by atoms with Gasteiger partial charge in [0.05, 0.1) is 51.2 Å². The standard InChI is InChI=1S/C20H29ClN2O6S/c1-2-7-26-8-9-27-10-11-28-12-13-29-14-16-30-15-3-6-22-19-5-4-18(21)17-20(19)23(24)25/h1,4-5,17,22H,3,6-16H2. The van der Waals surface area contributed by atoms with Gasteiger partial charge in [0, 0.05) is 23.4 Å². The highest BCUT2D eigenvalue weighted by Gasteiger charge is 2.13. The lowest BCUT2D eigenvalue weighted by molar-refractivity contribution is -0.383. The van der Waals surface area contributed by atoms with Gasteiger partial charge in [0.2, 0.25) is 0 Å². The van der Waals surface area contributed by atoms with E-state index in [0.717, 1.165) is 17.9 Å². The Morgan fingerprint density at radius 2 is 1.67 bits per heavy atom. The van der Waals surface area contributed by atoms with Crippen molar-refractivity contribution in [2.24, 2.45) is 0 Å². The number of hydrogen-bond donors (Lipinski definition) is 1. The van der Waals surface area contributed by atoms with Crippen LogP contribution in [0.2, 0.25) is 5.02 Å². The molecule has 8 nitrogen and oxygen atoms in total. The number of benzene rings is 1. The van der Waals surface area contributed by atoms with E-state index in [1.165, 1.54) is 6.07 Å². The van der Waals surface area contributed by atoms with E-state index in [1.54, 1.807) is 23.9 Å². The van der Waals surface area contributed by atoms with Crippen LogP contribution in [0.4, 0.5) is 11.4 Å². The fourth-order valence-electron chi connectivity index (χ4n) is 2.21. The van der Waals surface area contributed by atoms with E-state index >= 15 is 0 Å². The number of nitro benzene ring substituents is 1. The SMILES string of the molecule is C#CCOCCOCCOCCOCCSCCCNc1ccc(Cl)cc1[N+](=O)[O-]. The van der Waals surface area contributed by atoms with Crippen molar-refractivity contribution in [1.29, 1.82) is 0 Å². The number of rotatable bonds is 19. The monoisotopic (exact) mass is 460 g/mol. The van der Waals surface area contributed by atoms with Crippen molar-refractivity contribution in [2.45, 2.75) is 6.42 Å². The molecule has 0 saturated heterocycles. The molecule has 1 rings (SSSR count). The first kappa shape index (κ1) is 26.5. The third-order valence-electron chi connectivity index (χ3n) is 3.61. The van der Waals surface area contributed by atoms with Gasteiger partial charge in [-0.1, -0.05) is 17.5 Å². The summed E-state index contributed by atoms with van der Waals surface area (Å²) in [5.41, 5.74) is 0.478. The largest absolute Gasteiger partial charge is 0.379 e. The fourth-order valence-corrected chi connectivity index (χ4v) is 3.17. The second-order valence-corrected chi connectivity index (χ2v) is 7.57. The quantitative estimate of drug-likeness (QED) is 0.145. The second kappa shape index (κ2) is 18.2. The van der Waals surface area contributed by atoms with Crippen LogP contribution in [-0.4, -0.2) is 75.8 Å². The average Bonchev–Trinajstić information content (AvgIpc) is 2.73. The topological polar surface area (TPSA) is 92.1 Å². The van der Waals surface area contributed by atoms with Crippen molar-refractivity contribution in [3.8, 4) is 12.3 Å². The number of nitro groups is 1. The predicted molar refractivity (Wildman–Crippen MR) is 121 cm³/mol. The number of terminal acetylenes is 1. The summed E-state index contributed by atoms with van der Waals surface area (Å²) in [5.74, 6) is 4.22. The molecule has 0 aromatic heterocycles. The van der Waals surface area contributed by atoms with Crippen molar-refractivity contribution >= 4 is 34.7 Å². The van der Waals surface area contributed by atoms with Gasteiger partial charge in [-0.2, -0.15) is 11.8 Å². The van der Waals surface area contributed by atoms with Gasteiger partial charge >= 0.3 is 0 Å². The predicted octanol–water partition coefficient (Wildman–Crippen LogP) is 3.48. The van der Waals surface area contributed by atoms with Crippen LogP contribution in [0.15, 0.2) is 18.2 Å². The van der Waals surface area contributed by atoms with Crippen molar-refractivity contribution < 1.29 is 23.9 Å². The van der Waals surface area contributed by atoms with Gasteiger partial charge in [-0.05, 0) is 24.3 Å². The number of halogens is 1. The molecule has 0 amide bonds. The van der Waals surface area contributed by atoms with Crippen LogP contribution in [0.3, 0.4) is 0 Å². The molecule has 1 aromatic rings. The number of nitrogens with zero attached hydrogens (tertiary/aromatic N) is 1. The molecule has 0 unspecified atom stereocenters. The summed E-state index contributed by atoms with van der Waals surface area (Å²) in [7, 11) is 0. The van der Waals surface area contributed by atoms with Crippen molar-refractivity contribution in [3.63, 3.8) is 0 Å². The van der Waals surface area contributed by atoms with Crippen LogP contribution in [0.5, 0.6) is 0 Å². The van der Waals surface area contributed by atoms with Crippen molar-refractivity contribution in [3.05, 3.63) is 33.3 Å². The molecule has 0 atom stereocenters. The maximum atomic E-state index is 11.0. The summed E-state index contributed by atoms with van der Waals surface area (Å²) >= 11 is 7.58. The highest BCUT2D eigenvalue weighted by atomic mass is 35.5. The molecular formula is C20H29ClN2O6S. The average molecular weight is 461 g/mol. The van der Waals surface area contributed by atoms with Crippen LogP contribution < -0.4 is 5.32 Å². The minimum Gasteiger partial charge on any atom is -0.379 e. The van der Waals surface area contributed by atoms with Crippen LogP contribution >= 0.6 is 23.4 Å². The minimum atomic E-state index is -0.436. The minimum absolute atomic E-state index is 0.00795. The molecule has 0 spiro atoms. The number of ether oxygens (including phenoxy) is 4. The van der Waals surface area contributed by atoms with Gasteiger partial charge in [0.15, 0.2) is 0 Å². The number of thioether (sulfide) groups is 1. The molecule has 30 heavy (non-hydrogen) atoms. The third kappa shape index (κ3) is 13.6. The highest BCUT2D eigenvalue weighted by molar-refractivity contribution is 7.99. The van der Waals surface area contributed by atoms with Crippen LogP contribution in [-0.2, 0) is 18.9 Å². The zero-order valence-electron chi connectivity index (χ0n) is 17.0. The lowest BCUT2D eigenvalue weighted by Gasteiger charge is -2.08. The zero-order valence-corrected chi connectivity index (χ0v) is 18.6. The summed E-state index contributed by atoms with van der Waals surface area (Å²) in [6, 6.07) is 4.62. The molecule has 0 aliphatic heterocycles. The molecule has 0 aliphatic carbocycles. The van der Waals surface area contributed by atoms with Gasteiger partial charge in [-0.25, -0.2) is 0 Å². The van der Waals surface area contributed by atoms with Crippen LogP contribution in [0, 0.1) is 22.5 Å². The maximum absolute atomic E-state index is 11.0. The first-order chi connectivity index (χ1) is 14.6. The first-order valence-electron chi connectivity index (χ1n) is 9.65. The summed E-state index contributed by atoms with van der Waals surface area (Å²) in [4.78, 5) is 10.6. The van der Waals surface area contributed by atoms with Gasteiger partial charge in [-0.15, -0.1) is 6.42 Å². The lowest BCUT2D eigenvalue weighted by Crippen LogP contribution is -2.12. The van der Waals surface area contributed by atoms with E-state index in [2.05, 4.69) is 11.2 Å². The van der Waals surface area contributed by atoms with Gasteiger partial charge in [0.1, 0.15) is 12.3 Å². The Kier molecular flexibility index (Phi) is 16.1. The van der Waals surface area contributed by atoms with E-state index in [4.69, 9.17) is 37.0 Å². The van der Waals surface area contributed by atoms with E-state index in [1.807, 2.05) is 0 Å². The summed E-state index contributed by atoms with van der Waals surface area (Å²) < 4.78 is 21.3. The molecule has 0 aliphatic rings. The van der Waals surface area contributed by atoms with E-state index in [0.29, 0.717) is 70.1 Å². The van der Waals surface area contributed by atoms with Crippen LogP contribution in [0.1, 0.15) is 6.42 Å². The molecule has 0 heterocycles. The molecule has 0 saturated carbocycles. The Bertz CT molecular complexity index is 644. The molecule has 1 N–H and O–H groups in total. The normalized spacial score (nSPS) is 10.7. The number of nitrogens with one attached hydrogen (secondary N) is 1. The number of anilines is 1. The van der Waals surface area contributed by atoms with Crippen LogP contribution in [0.25, 0.3) is 0 Å². The molecular weight excluding hydrogens is 432 g/mol. The maximum Gasteiger partial charge on any atom is 0.293 e. The Balaban J connectivity index is 1.86. The Labute approximate surface area is 187 Å². The van der Waals surface area contributed by atoms with Crippen molar-refractivity contribution in [2.75, 3.05) is 76.2 Å². The molecule has 1 aromatic carbocycles. The number of hydrogen-bond acceptors (Lipinski definition) is 8. The van der Waals surface area contributed by atoms with E-state index < -0.39 is 4.92 Å². The molecule has 0 fully saturated rings. The second-order valence-electron chi connectivity index (χ2n) is 5.91. The Morgan fingerprint density at radius 1 is 1.03 bits per heavy atom. The molecule has 10 heteroatoms. The Hall–Kier alpha value is -1.54. The fraction of sp³-hybridized carbons (Fsp3) is 0.600. The highest BCUT2D eigenvalue weighted by Crippen LogP contribution is 2.27. The van der Waals surface area contributed by atoms with Gasteiger partial charge < -0.3 is 24.3 Å². The van der Waals surface area contributed by atoms with Crippen molar-refractivity contribution in [1.82, 2.24) is 0 Å². The van der Waals surface area contributed by atoms with Gasteiger partial charge in [0.25, 0.3) is 5.69 Å². The first-order valence-corrected chi connectivity index (χ1v) is 11.2.